The van der Waals surface area contributed by atoms with Gasteiger partial charge in [-0.1, -0.05) is 6.07 Å². The fraction of sp³-hybridized carbons (Fsp3) is 0.348. The van der Waals surface area contributed by atoms with Gasteiger partial charge >= 0.3 is 5.92 Å². The Morgan fingerprint density at radius 1 is 1.15 bits per heavy atom. The fourth-order valence-electron chi connectivity index (χ4n) is 3.10. The number of nitrogens with one attached hydrogen (secondary N) is 2. The zero-order valence-corrected chi connectivity index (χ0v) is 19.5. The van der Waals surface area contributed by atoms with Gasteiger partial charge < -0.3 is 15.4 Å². The Kier molecular flexibility index (Phi) is 8.13. The fourth-order valence-corrected chi connectivity index (χ4v) is 3.10. The Labute approximate surface area is 196 Å². The Morgan fingerprint density at radius 2 is 1.94 bits per heavy atom. The number of hydrogen-bond donors (Lipinski definition) is 2. The van der Waals surface area contributed by atoms with Crippen molar-refractivity contribution in [1.82, 2.24) is 24.8 Å². The molecule has 0 spiro atoms. The average Bonchev–Trinajstić information content (AvgIpc) is 2.78. The van der Waals surface area contributed by atoms with Crippen molar-refractivity contribution in [2.75, 3.05) is 37.9 Å². The molecule has 180 valence electrons. The van der Waals surface area contributed by atoms with E-state index in [4.69, 9.17) is 4.74 Å². The van der Waals surface area contributed by atoms with E-state index < -0.39 is 11.7 Å². The third kappa shape index (κ3) is 6.96. The summed E-state index contributed by atoms with van der Waals surface area (Å²) in [4.78, 5) is 30.0. The van der Waals surface area contributed by atoms with Crippen molar-refractivity contribution in [2.45, 2.75) is 26.3 Å². The molecule has 0 aliphatic heterocycles. The smallest absolute Gasteiger partial charge is 0.303 e. The second-order valence-electron chi connectivity index (χ2n) is 7.86. The van der Waals surface area contributed by atoms with Gasteiger partial charge in [0.05, 0.1) is 18.0 Å². The van der Waals surface area contributed by atoms with Crippen LogP contribution >= 0.6 is 0 Å². The Bertz CT molecular complexity index is 1120. The summed E-state index contributed by atoms with van der Waals surface area (Å²) in [6.07, 6.45) is 4.58. The number of amides is 1. The maximum absolute atomic E-state index is 13.7. The first kappa shape index (κ1) is 25.1. The number of halogens is 2. The van der Waals surface area contributed by atoms with Crippen LogP contribution in [0.2, 0.25) is 0 Å². The van der Waals surface area contributed by atoms with Gasteiger partial charge in [-0.3, -0.25) is 14.7 Å². The molecule has 2 N–H and O–H groups in total. The van der Waals surface area contributed by atoms with E-state index in [-0.39, 0.29) is 11.7 Å². The largest absolute Gasteiger partial charge is 0.383 e. The van der Waals surface area contributed by atoms with E-state index in [1.165, 1.54) is 19.2 Å². The van der Waals surface area contributed by atoms with Crippen LogP contribution in [0.1, 0.15) is 25.2 Å². The number of nitrogens with zero attached hydrogens (tertiary/aromatic N) is 5. The number of methoxy groups -OCH3 is 1. The van der Waals surface area contributed by atoms with Crippen LogP contribution in [0, 0.1) is 0 Å². The van der Waals surface area contributed by atoms with Gasteiger partial charge in [0.2, 0.25) is 11.7 Å². The van der Waals surface area contributed by atoms with Crippen LogP contribution < -0.4 is 10.6 Å². The number of hydrogen-bond acceptors (Lipinski definition) is 8. The quantitative estimate of drug-likeness (QED) is 0.460. The minimum atomic E-state index is -3.19. The number of rotatable bonds is 10. The first-order chi connectivity index (χ1) is 16.2. The third-order valence-corrected chi connectivity index (χ3v) is 4.75. The number of pyridine rings is 2. The zero-order chi connectivity index (χ0) is 24.7. The number of carbonyl (C=O) groups is 1. The number of aromatic nitrogens is 4. The lowest BCUT2D eigenvalue weighted by Gasteiger charge is -2.17. The van der Waals surface area contributed by atoms with Crippen LogP contribution in [0.3, 0.4) is 0 Å². The number of likely N-dealkylation sites (N-methyl/N-ethyl adjacent to an activating group) is 1. The molecule has 0 saturated heterocycles. The van der Waals surface area contributed by atoms with E-state index in [1.807, 2.05) is 19.2 Å². The molecule has 9 nitrogen and oxygen atoms in total. The van der Waals surface area contributed by atoms with Gasteiger partial charge in [0.15, 0.2) is 0 Å². The van der Waals surface area contributed by atoms with Crippen molar-refractivity contribution < 1.29 is 18.3 Å². The molecule has 3 heterocycles. The molecule has 3 aromatic rings. The lowest BCUT2D eigenvalue weighted by Crippen LogP contribution is -2.22. The van der Waals surface area contributed by atoms with Crippen LogP contribution in [-0.2, 0) is 22.0 Å². The van der Waals surface area contributed by atoms with Crippen LogP contribution in [0.5, 0.6) is 0 Å². The molecule has 0 bridgehead atoms. The van der Waals surface area contributed by atoms with E-state index in [1.54, 1.807) is 25.6 Å². The maximum atomic E-state index is 13.7. The number of ether oxygens (including phenoxy) is 1. The monoisotopic (exact) mass is 471 g/mol. The normalized spacial score (nSPS) is 11.5. The van der Waals surface area contributed by atoms with Crippen molar-refractivity contribution in [1.29, 1.82) is 0 Å². The SMILES string of the molecule is COCCN(C)Cc1ccc(-c2cnc(NC(C)=O)cc2Nc2ccnc(C(C)(F)F)n2)nc1. The Balaban J connectivity index is 1.91. The first-order valence-electron chi connectivity index (χ1n) is 10.5. The van der Waals surface area contributed by atoms with Crippen molar-refractivity contribution in [3.05, 3.63) is 54.2 Å². The minimum Gasteiger partial charge on any atom is -0.383 e. The number of alkyl halides is 2. The van der Waals surface area contributed by atoms with Crippen molar-refractivity contribution in [2.24, 2.45) is 0 Å². The molecule has 3 rings (SSSR count). The van der Waals surface area contributed by atoms with Crippen molar-refractivity contribution >= 4 is 23.2 Å². The molecule has 11 heteroatoms. The zero-order valence-electron chi connectivity index (χ0n) is 19.5. The summed E-state index contributed by atoms with van der Waals surface area (Å²) in [6.45, 7) is 4.23. The second kappa shape index (κ2) is 11.0. The Morgan fingerprint density at radius 3 is 2.59 bits per heavy atom. The number of carbonyl (C=O) groups excluding carboxylic acids is 1. The molecule has 0 unspecified atom stereocenters. The summed E-state index contributed by atoms with van der Waals surface area (Å²) in [5.41, 5.74) is 2.73. The minimum absolute atomic E-state index is 0.170. The molecule has 0 radical (unpaired) electrons. The number of anilines is 3. The van der Waals surface area contributed by atoms with Gasteiger partial charge in [0, 0.05) is 64.3 Å². The molecule has 0 aliphatic rings. The maximum Gasteiger partial charge on any atom is 0.303 e. The summed E-state index contributed by atoms with van der Waals surface area (Å²) >= 11 is 0. The van der Waals surface area contributed by atoms with Gasteiger partial charge in [0.1, 0.15) is 11.6 Å². The lowest BCUT2D eigenvalue weighted by atomic mass is 10.1. The topological polar surface area (TPSA) is 105 Å². The van der Waals surface area contributed by atoms with E-state index >= 15 is 0 Å². The first-order valence-corrected chi connectivity index (χ1v) is 10.5. The van der Waals surface area contributed by atoms with Gasteiger partial charge in [-0.2, -0.15) is 8.78 Å². The summed E-state index contributed by atoms with van der Waals surface area (Å²) < 4.78 is 32.5. The molecule has 0 saturated carbocycles. The van der Waals surface area contributed by atoms with Crippen LogP contribution in [-0.4, -0.2) is 58.1 Å². The highest BCUT2D eigenvalue weighted by Crippen LogP contribution is 2.31. The third-order valence-electron chi connectivity index (χ3n) is 4.75. The van der Waals surface area contributed by atoms with E-state index in [2.05, 4.69) is 35.5 Å². The molecule has 0 fully saturated rings. The highest BCUT2D eigenvalue weighted by atomic mass is 19.3. The van der Waals surface area contributed by atoms with E-state index in [0.717, 1.165) is 19.0 Å². The van der Waals surface area contributed by atoms with E-state index in [9.17, 15) is 13.6 Å². The van der Waals surface area contributed by atoms with Crippen LogP contribution in [0.25, 0.3) is 11.3 Å². The summed E-state index contributed by atoms with van der Waals surface area (Å²) in [5.74, 6) is -3.61. The predicted molar refractivity (Wildman–Crippen MR) is 125 cm³/mol. The molecule has 0 aliphatic carbocycles. The van der Waals surface area contributed by atoms with Crippen molar-refractivity contribution in [3.63, 3.8) is 0 Å². The molecule has 0 atom stereocenters. The van der Waals surface area contributed by atoms with Gasteiger partial charge in [-0.15, -0.1) is 0 Å². The Hall–Kier alpha value is -3.57. The van der Waals surface area contributed by atoms with Crippen molar-refractivity contribution in [3.8, 4) is 11.3 Å². The summed E-state index contributed by atoms with van der Waals surface area (Å²) in [7, 11) is 3.66. The second-order valence-corrected chi connectivity index (χ2v) is 7.86. The molecule has 3 aromatic heterocycles. The highest BCUT2D eigenvalue weighted by Gasteiger charge is 2.28. The van der Waals surface area contributed by atoms with Crippen LogP contribution in [0.4, 0.5) is 26.1 Å². The molecule has 34 heavy (non-hydrogen) atoms. The predicted octanol–water partition coefficient (Wildman–Crippen LogP) is 3.83. The van der Waals surface area contributed by atoms with Gasteiger partial charge in [-0.25, -0.2) is 15.0 Å². The summed E-state index contributed by atoms with van der Waals surface area (Å²) in [6, 6.07) is 6.88. The molecule has 0 aromatic carbocycles. The lowest BCUT2D eigenvalue weighted by molar-refractivity contribution is -0.114. The van der Waals surface area contributed by atoms with E-state index in [0.29, 0.717) is 35.9 Å². The molecule has 1 amide bonds. The van der Waals surface area contributed by atoms with Crippen LogP contribution in [0.15, 0.2) is 42.9 Å². The van der Waals surface area contributed by atoms with Gasteiger partial charge in [-0.05, 0) is 24.7 Å². The average molecular weight is 472 g/mol. The van der Waals surface area contributed by atoms with Gasteiger partial charge in [0.25, 0.3) is 0 Å². The summed E-state index contributed by atoms with van der Waals surface area (Å²) in [5, 5.41) is 5.64. The molecular formula is C23H27F2N7O2. The highest BCUT2D eigenvalue weighted by molar-refractivity contribution is 5.89. The standard InChI is InChI=1S/C23H27F2N7O2/c1-15(33)29-21-11-19(30-20-7-8-26-22(31-20)23(2,24)25)17(13-28-21)18-6-5-16(12-27-18)14-32(3)9-10-34-4/h5-8,11-13H,9-10,14H2,1-4H3,(H2,26,28,29,30,31,33). The molecular weight excluding hydrogens is 444 g/mol.